The normalized spacial score (nSPS) is 16.8. The van der Waals surface area contributed by atoms with Crippen LogP contribution < -0.4 is 0 Å². The molecule has 1 aliphatic rings. The smallest absolute Gasteiger partial charge is 0.389 e. The third kappa shape index (κ3) is 8.88. The molecule has 0 aromatic heterocycles. The van der Waals surface area contributed by atoms with E-state index in [1.165, 1.54) is 0 Å². The Hall–Kier alpha value is -2.05. The lowest BCUT2D eigenvalue weighted by molar-refractivity contribution is -0.173. The Kier molecular flexibility index (Phi) is 7.72. The van der Waals surface area contributed by atoms with E-state index in [0.717, 1.165) is 18.4 Å². The summed E-state index contributed by atoms with van der Waals surface area (Å²) in [6.07, 6.45) is -3.90. The number of hydrogen-bond acceptors (Lipinski definition) is 4. The number of carbonyl (C=O) groups excluding carboxylic acids is 2. The quantitative estimate of drug-likeness (QED) is 0.505. The SMILES string of the molecule is CC(C)(C)OC(=O)[C@@H](CC1CC1)C(CCC(F)(F)F)C(=O)OCc1ccccc1. The fraction of sp³-hybridized carbons (Fsp3) is 0.636. The van der Waals surface area contributed by atoms with E-state index in [0.29, 0.717) is 6.42 Å². The second kappa shape index (κ2) is 9.63. The van der Waals surface area contributed by atoms with Crippen LogP contribution in [0.2, 0.25) is 0 Å². The van der Waals surface area contributed by atoms with E-state index in [-0.39, 0.29) is 12.5 Å². The number of alkyl halides is 3. The number of esters is 2. The van der Waals surface area contributed by atoms with Crippen molar-refractivity contribution < 1.29 is 32.2 Å². The average molecular weight is 414 g/mol. The van der Waals surface area contributed by atoms with Gasteiger partial charge in [0, 0.05) is 6.42 Å². The Morgan fingerprint density at radius 3 is 2.17 bits per heavy atom. The predicted molar refractivity (Wildman–Crippen MR) is 102 cm³/mol. The van der Waals surface area contributed by atoms with Crippen molar-refractivity contribution in [1.82, 2.24) is 0 Å². The van der Waals surface area contributed by atoms with Crippen molar-refractivity contribution in [3.8, 4) is 0 Å². The summed E-state index contributed by atoms with van der Waals surface area (Å²) in [7, 11) is 0. The van der Waals surface area contributed by atoms with Crippen LogP contribution in [0.5, 0.6) is 0 Å². The zero-order valence-electron chi connectivity index (χ0n) is 17.1. The van der Waals surface area contributed by atoms with E-state index < -0.39 is 48.4 Å². The molecule has 1 fully saturated rings. The summed E-state index contributed by atoms with van der Waals surface area (Å²) in [5.41, 5.74) is -0.0621. The molecule has 0 N–H and O–H groups in total. The second-order valence-corrected chi connectivity index (χ2v) is 8.67. The molecule has 2 rings (SSSR count). The van der Waals surface area contributed by atoms with Crippen molar-refractivity contribution in [2.45, 2.75) is 71.3 Å². The zero-order valence-corrected chi connectivity index (χ0v) is 17.1. The van der Waals surface area contributed by atoms with Gasteiger partial charge in [-0.05, 0) is 45.1 Å². The number of benzene rings is 1. The molecule has 7 heteroatoms. The van der Waals surface area contributed by atoms with E-state index in [2.05, 4.69) is 0 Å². The fourth-order valence-corrected chi connectivity index (χ4v) is 3.15. The molecule has 1 saturated carbocycles. The van der Waals surface area contributed by atoms with Crippen molar-refractivity contribution in [2.24, 2.45) is 17.8 Å². The van der Waals surface area contributed by atoms with Gasteiger partial charge in [-0.25, -0.2) is 0 Å². The molecule has 4 nitrogen and oxygen atoms in total. The average Bonchev–Trinajstić information content (AvgIpc) is 3.41. The van der Waals surface area contributed by atoms with Crippen molar-refractivity contribution in [3.05, 3.63) is 35.9 Å². The first-order valence-electron chi connectivity index (χ1n) is 9.95. The molecular weight excluding hydrogens is 385 g/mol. The first-order chi connectivity index (χ1) is 13.4. The van der Waals surface area contributed by atoms with Crippen LogP contribution in [0.15, 0.2) is 30.3 Å². The number of hydrogen-bond donors (Lipinski definition) is 0. The highest BCUT2D eigenvalue weighted by molar-refractivity contribution is 5.82. The molecule has 162 valence electrons. The van der Waals surface area contributed by atoms with Gasteiger partial charge in [-0.3, -0.25) is 9.59 Å². The van der Waals surface area contributed by atoms with Gasteiger partial charge >= 0.3 is 18.1 Å². The summed E-state index contributed by atoms with van der Waals surface area (Å²) in [5.74, 6) is -3.30. The fourth-order valence-electron chi connectivity index (χ4n) is 3.15. The number of ether oxygens (including phenoxy) is 2. The van der Waals surface area contributed by atoms with Gasteiger partial charge < -0.3 is 9.47 Å². The lowest BCUT2D eigenvalue weighted by Crippen LogP contribution is -2.37. The Morgan fingerprint density at radius 2 is 1.66 bits per heavy atom. The maximum atomic E-state index is 12.9. The van der Waals surface area contributed by atoms with Crippen LogP contribution in [-0.2, 0) is 25.7 Å². The predicted octanol–water partition coefficient (Wildman–Crippen LogP) is 5.45. The minimum Gasteiger partial charge on any atom is -0.461 e. The molecule has 0 amide bonds. The summed E-state index contributed by atoms with van der Waals surface area (Å²) in [4.78, 5) is 25.5. The first-order valence-corrected chi connectivity index (χ1v) is 9.95. The Labute approximate surface area is 169 Å². The van der Waals surface area contributed by atoms with Gasteiger partial charge in [-0.2, -0.15) is 13.2 Å². The summed E-state index contributed by atoms with van der Waals surface area (Å²) in [6.45, 7) is 5.03. The molecule has 1 aromatic rings. The van der Waals surface area contributed by atoms with Crippen LogP contribution >= 0.6 is 0 Å². The standard InChI is InChI=1S/C22H29F3O4/c1-21(2,3)29-20(27)18(13-15-9-10-15)17(11-12-22(23,24)25)19(26)28-14-16-7-5-4-6-8-16/h4-8,15,17-18H,9-14H2,1-3H3/t17?,18-/m0/s1. The summed E-state index contributed by atoms with van der Waals surface area (Å²) >= 11 is 0. The maximum Gasteiger partial charge on any atom is 0.389 e. The molecule has 0 bridgehead atoms. The number of carbonyl (C=O) groups is 2. The van der Waals surface area contributed by atoms with Crippen molar-refractivity contribution in [1.29, 1.82) is 0 Å². The summed E-state index contributed by atoms with van der Waals surface area (Å²) in [5, 5.41) is 0. The largest absolute Gasteiger partial charge is 0.461 e. The highest BCUT2D eigenvalue weighted by Crippen LogP contribution is 2.40. The minimum atomic E-state index is -4.42. The molecular formula is C22H29F3O4. The molecule has 0 saturated heterocycles. The molecule has 1 aromatic carbocycles. The van der Waals surface area contributed by atoms with Gasteiger partial charge in [0.25, 0.3) is 0 Å². The number of halogens is 3. The van der Waals surface area contributed by atoms with E-state index in [1.54, 1.807) is 45.0 Å². The first kappa shape index (κ1) is 23.2. The molecule has 0 radical (unpaired) electrons. The van der Waals surface area contributed by atoms with Gasteiger partial charge in [0.1, 0.15) is 12.2 Å². The van der Waals surface area contributed by atoms with E-state index in [4.69, 9.17) is 9.47 Å². The van der Waals surface area contributed by atoms with Crippen molar-refractivity contribution in [2.75, 3.05) is 0 Å². The molecule has 1 aliphatic carbocycles. The van der Waals surface area contributed by atoms with Crippen LogP contribution in [0, 0.1) is 17.8 Å². The molecule has 2 atom stereocenters. The molecule has 0 aliphatic heterocycles. The van der Waals surface area contributed by atoms with Crippen LogP contribution in [0.1, 0.15) is 58.4 Å². The van der Waals surface area contributed by atoms with Gasteiger partial charge in [0.05, 0.1) is 11.8 Å². The zero-order chi connectivity index (χ0) is 21.7. The van der Waals surface area contributed by atoms with E-state index >= 15 is 0 Å². The van der Waals surface area contributed by atoms with Crippen LogP contribution in [0.4, 0.5) is 13.2 Å². The Balaban J connectivity index is 2.16. The Bertz CT molecular complexity index is 676. The highest BCUT2D eigenvalue weighted by atomic mass is 19.4. The summed E-state index contributed by atoms with van der Waals surface area (Å²) < 4.78 is 49.3. The second-order valence-electron chi connectivity index (χ2n) is 8.67. The summed E-state index contributed by atoms with van der Waals surface area (Å²) in [6, 6.07) is 8.88. The van der Waals surface area contributed by atoms with E-state index in [9.17, 15) is 22.8 Å². The molecule has 1 unspecified atom stereocenters. The Morgan fingerprint density at radius 1 is 1.03 bits per heavy atom. The van der Waals surface area contributed by atoms with Crippen LogP contribution in [0.25, 0.3) is 0 Å². The van der Waals surface area contributed by atoms with Gasteiger partial charge in [-0.1, -0.05) is 43.2 Å². The van der Waals surface area contributed by atoms with Gasteiger partial charge in [0.2, 0.25) is 0 Å². The van der Waals surface area contributed by atoms with Crippen LogP contribution in [-0.4, -0.2) is 23.7 Å². The lowest BCUT2D eigenvalue weighted by atomic mass is 9.84. The monoisotopic (exact) mass is 414 g/mol. The van der Waals surface area contributed by atoms with Crippen LogP contribution in [0.3, 0.4) is 0 Å². The maximum absolute atomic E-state index is 12.9. The topological polar surface area (TPSA) is 52.6 Å². The van der Waals surface area contributed by atoms with Gasteiger partial charge in [-0.15, -0.1) is 0 Å². The highest BCUT2D eigenvalue weighted by Gasteiger charge is 2.42. The molecule has 0 heterocycles. The molecule has 29 heavy (non-hydrogen) atoms. The van der Waals surface area contributed by atoms with Gasteiger partial charge in [0.15, 0.2) is 0 Å². The minimum absolute atomic E-state index is 0.0490. The number of rotatable bonds is 9. The van der Waals surface area contributed by atoms with Crippen molar-refractivity contribution in [3.63, 3.8) is 0 Å². The van der Waals surface area contributed by atoms with E-state index in [1.807, 2.05) is 6.07 Å². The third-order valence-electron chi connectivity index (χ3n) is 4.74. The third-order valence-corrected chi connectivity index (χ3v) is 4.74. The van der Waals surface area contributed by atoms with Crippen molar-refractivity contribution >= 4 is 11.9 Å². The lowest BCUT2D eigenvalue weighted by Gasteiger charge is -2.28. The molecule has 0 spiro atoms.